The molecule has 0 spiro atoms. The summed E-state index contributed by atoms with van der Waals surface area (Å²) >= 11 is 5.15. The van der Waals surface area contributed by atoms with E-state index >= 15 is 0 Å². The van der Waals surface area contributed by atoms with Crippen molar-refractivity contribution in [1.82, 2.24) is 5.32 Å². The smallest absolute Gasteiger partial charge is 0.261 e. The van der Waals surface area contributed by atoms with E-state index in [0.717, 1.165) is 28.1 Å². The van der Waals surface area contributed by atoms with Crippen LogP contribution in [0.25, 0.3) is 10.1 Å². The highest BCUT2D eigenvalue weighted by molar-refractivity contribution is 9.09. The zero-order chi connectivity index (χ0) is 13.9. The van der Waals surface area contributed by atoms with Crippen LogP contribution in [-0.2, 0) is 0 Å². The molecule has 3 rings (SSSR count). The fourth-order valence-corrected chi connectivity index (χ4v) is 4.82. The first-order valence-corrected chi connectivity index (χ1v) is 9.04. The van der Waals surface area contributed by atoms with E-state index in [-0.39, 0.29) is 5.91 Å². The molecule has 1 heterocycles. The molecule has 1 aromatic heterocycles. The number of halogens is 1. The van der Waals surface area contributed by atoms with Crippen LogP contribution in [0.15, 0.2) is 30.3 Å². The van der Waals surface area contributed by atoms with Gasteiger partial charge in [-0.3, -0.25) is 4.79 Å². The fraction of sp³-hybridized carbons (Fsp3) is 0.438. The van der Waals surface area contributed by atoms with E-state index in [0.29, 0.717) is 5.92 Å². The summed E-state index contributed by atoms with van der Waals surface area (Å²) in [6.07, 6.45) is 3.82. The van der Waals surface area contributed by atoms with Crippen LogP contribution in [0.5, 0.6) is 0 Å². The number of hydrogen-bond acceptors (Lipinski definition) is 2. The number of thiophene rings is 1. The number of fused-ring (bicyclic) bond motifs is 1. The largest absolute Gasteiger partial charge is 0.351 e. The Kier molecular flexibility index (Phi) is 4.41. The van der Waals surface area contributed by atoms with Crippen LogP contribution >= 0.6 is 27.3 Å². The molecule has 1 aliphatic carbocycles. The second-order valence-corrected chi connectivity index (χ2v) is 7.20. The Morgan fingerprint density at radius 3 is 2.90 bits per heavy atom. The average Bonchev–Trinajstić information content (AvgIpc) is 3.10. The van der Waals surface area contributed by atoms with E-state index in [1.54, 1.807) is 11.3 Å². The molecule has 1 N–H and O–H groups in total. The molecule has 1 amide bonds. The first kappa shape index (κ1) is 14.1. The van der Waals surface area contributed by atoms with Crippen LogP contribution in [-0.4, -0.2) is 17.8 Å². The number of benzene rings is 1. The number of rotatable bonds is 4. The monoisotopic (exact) mass is 351 g/mol. The Morgan fingerprint density at radius 1 is 1.30 bits per heavy atom. The zero-order valence-electron chi connectivity index (χ0n) is 11.3. The first-order chi connectivity index (χ1) is 9.78. The highest BCUT2D eigenvalue weighted by Gasteiger charge is 2.26. The van der Waals surface area contributed by atoms with Crippen LogP contribution in [0.4, 0.5) is 0 Å². The number of carbonyl (C=O) groups is 1. The van der Waals surface area contributed by atoms with Gasteiger partial charge in [0.1, 0.15) is 0 Å². The van der Waals surface area contributed by atoms with Crippen molar-refractivity contribution in [3.8, 4) is 0 Å². The first-order valence-electron chi connectivity index (χ1n) is 7.10. The molecular formula is C16H18BrNOS. The van der Waals surface area contributed by atoms with Gasteiger partial charge in [0.2, 0.25) is 0 Å². The van der Waals surface area contributed by atoms with Gasteiger partial charge in [-0.15, -0.1) is 11.3 Å². The molecule has 1 aliphatic rings. The number of nitrogens with one attached hydrogen (secondary N) is 1. The summed E-state index contributed by atoms with van der Waals surface area (Å²) in [6, 6.07) is 10.1. The van der Waals surface area contributed by atoms with E-state index in [1.807, 2.05) is 18.2 Å². The average molecular weight is 352 g/mol. The number of hydrogen-bond donors (Lipinski definition) is 1. The maximum Gasteiger partial charge on any atom is 0.261 e. The molecule has 106 valence electrons. The van der Waals surface area contributed by atoms with E-state index in [1.165, 1.54) is 24.0 Å². The molecular weight excluding hydrogens is 334 g/mol. The van der Waals surface area contributed by atoms with Crippen molar-refractivity contribution >= 4 is 43.3 Å². The summed E-state index contributed by atoms with van der Waals surface area (Å²) in [6.45, 7) is 0.809. The predicted molar refractivity (Wildman–Crippen MR) is 88.8 cm³/mol. The second kappa shape index (κ2) is 6.27. The lowest BCUT2D eigenvalue weighted by Gasteiger charge is -2.17. The van der Waals surface area contributed by atoms with Crippen LogP contribution in [0.3, 0.4) is 0 Å². The van der Waals surface area contributed by atoms with Crippen molar-refractivity contribution in [3.63, 3.8) is 0 Å². The van der Waals surface area contributed by atoms with Gasteiger partial charge in [-0.1, -0.05) is 40.5 Å². The summed E-state index contributed by atoms with van der Waals surface area (Å²) in [4.78, 5) is 13.1. The Bertz CT molecular complexity index is 576. The quantitative estimate of drug-likeness (QED) is 0.810. The second-order valence-electron chi connectivity index (χ2n) is 5.46. The predicted octanol–water partition coefficient (Wildman–Crippen LogP) is 4.44. The Hall–Kier alpha value is -0.870. The summed E-state index contributed by atoms with van der Waals surface area (Å²) in [5.41, 5.74) is 0. The minimum Gasteiger partial charge on any atom is -0.351 e. The Labute approximate surface area is 131 Å². The van der Waals surface area contributed by atoms with Crippen molar-refractivity contribution in [1.29, 1.82) is 0 Å². The van der Waals surface area contributed by atoms with E-state index < -0.39 is 0 Å². The lowest BCUT2D eigenvalue weighted by atomic mass is 9.98. The normalized spacial score (nSPS) is 22.2. The lowest BCUT2D eigenvalue weighted by molar-refractivity contribution is 0.0949. The summed E-state index contributed by atoms with van der Waals surface area (Å²) in [5.74, 6) is 1.43. The molecule has 2 nitrogen and oxygen atoms in total. The Morgan fingerprint density at radius 2 is 2.10 bits per heavy atom. The van der Waals surface area contributed by atoms with Crippen LogP contribution < -0.4 is 5.32 Å². The molecule has 2 unspecified atom stereocenters. The van der Waals surface area contributed by atoms with E-state index in [2.05, 4.69) is 33.4 Å². The van der Waals surface area contributed by atoms with Gasteiger partial charge in [-0.2, -0.15) is 0 Å². The van der Waals surface area contributed by atoms with Crippen LogP contribution in [0.1, 0.15) is 28.9 Å². The standard InChI is InChI=1S/C16H18BrNOS/c17-9-12-5-3-6-13(12)10-18-16(19)15-8-11-4-1-2-7-14(11)20-15/h1-2,4,7-8,12-13H,3,5-6,9-10H2,(H,18,19). The van der Waals surface area contributed by atoms with Gasteiger partial charge >= 0.3 is 0 Å². The zero-order valence-corrected chi connectivity index (χ0v) is 13.7. The third-order valence-corrected chi connectivity index (χ3v) is 6.14. The molecule has 2 aromatic rings. The molecule has 1 aromatic carbocycles. The molecule has 1 fully saturated rings. The van der Waals surface area contributed by atoms with Crippen molar-refractivity contribution in [2.75, 3.05) is 11.9 Å². The highest BCUT2D eigenvalue weighted by atomic mass is 79.9. The number of carbonyl (C=O) groups excluding carboxylic acids is 1. The van der Waals surface area contributed by atoms with E-state index in [4.69, 9.17) is 0 Å². The maximum absolute atomic E-state index is 12.3. The molecule has 0 bridgehead atoms. The molecule has 20 heavy (non-hydrogen) atoms. The minimum atomic E-state index is 0.0754. The third-order valence-electron chi connectivity index (χ3n) is 4.19. The fourth-order valence-electron chi connectivity index (χ4n) is 2.99. The third kappa shape index (κ3) is 2.91. The molecule has 0 saturated heterocycles. The Balaban J connectivity index is 1.64. The molecule has 4 heteroatoms. The van der Waals surface area contributed by atoms with Gasteiger partial charge in [0, 0.05) is 16.6 Å². The van der Waals surface area contributed by atoms with Gasteiger partial charge in [0.05, 0.1) is 4.88 Å². The minimum absolute atomic E-state index is 0.0754. The molecule has 0 aliphatic heterocycles. The SMILES string of the molecule is O=C(NCC1CCCC1CBr)c1cc2ccccc2s1. The van der Waals surface area contributed by atoms with Crippen molar-refractivity contribution < 1.29 is 4.79 Å². The van der Waals surface area contributed by atoms with Crippen molar-refractivity contribution in [2.45, 2.75) is 19.3 Å². The van der Waals surface area contributed by atoms with Gasteiger partial charge in [-0.05, 0) is 42.2 Å². The van der Waals surface area contributed by atoms with Gasteiger partial charge < -0.3 is 5.32 Å². The topological polar surface area (TPSA) is 29.1 Å². The summed E-state index contributed by atoms with van der Waals surface area (Å²) in [7, 11) is 0. The van der Waals surface area contributed by atoms with Gasteiger partial charge in [0.25, 0.3) is 5.91 Å². The van der Waals surface area contributed by atoms with Crippen molar-refractivity contribution in [3.05, 3.63) is 35.2 Å². The summed E-state index contributed by atoms with van der Waals surface area (Å²) in [5, 5.41) is 5.32. The lowest BCUT2D eigenvalue weighted by Crippen LogP contribution is -2.30. The van der Waals surface area contributed by atoms with Crippen LogP contribution in [0.2, 0.25) is 0 Å². The summed E-state index contributed by atoms with van der Waals surface area (Å²) < 4.78 is 1.18. The van der Waals surface area contributed by atoms with Gasteiger partial charge in [-0.25, -0.2) is 0 Å². The molecule has 2 atom stereocenters. The van der Waals surface area contributed by atoms with Crippen LogP contribution in [0, 0.1) is 11.8 Å². The van der Waals surface area contributed by atoms with Gasteiger partial charge in [0.15, 0.2) is 0 Å². The molecule has 1 saturated carbocycles. The number of alkyl halides is 1. The molecule has 0 radical (unpaired) electrons. The highest BCUT2D eigenvalue weighted by Crippen LogP contribution is 2.32. The maximum atomic E-state index is 12.3. The van der Waals surface area contributed by atoms with E-state index in [9.17, 15) is 4.79 Å². The number of amides is 1. The van der Waals surface area contributed by atoms with Crippen molar-refractivity contribution in [2.24, 2.45) is 11.8 Å².